The Morgan fingerprint density at radius 1 is 1.32 bits per heavy atom. The van der Waals surface area contributed by atoms with Crippen molar-refractivity contribution in [3.05, 3.63) is 29.3 Å². The Labute approximate surface area is 137 Å². The summed E-state index contributed by atoms with van der Waals surface area (Å²) in [5.74, 6) is 0.689. The van der Waals surface area contributed by atoms with Gasteiger partial charge in [-0.15, -0.1) is 0 Å². The molecule has 2 amide bonds. The third-order valence-electron chi connectivity index (χ3n) is 4.12. The van der Waals surface area contributed by atoms with Crippen molar-refractivity contribution in [2.24, 2.45) is 0 Å². The number of likely N-dealkylation sites (tertiary alicyclic amines) is 1. The minimum atomic E-state index is 0.0393. The first-order chi connectivity index (χ1) is 10.6. The van der Waals surface area contributed by atoms with Crippen molar-refractivity contribution in [2.45, 2.75) is 51.6 Å². The highest BCUT2D eigenvalue weighted by Gasteiger charge is 2.28. The second-order valence-electron chi connectivity index (χ2n) is 5.90. The second-order valence-corrected chi connectivity index (χ2v) is 6.31. The van der Waals surface area contributed by atoms with Crippen molar-refractivity contribution in [3.8, 4) is 5.75 Å². The van der Waals surface area contributed by atoms with Crippen molar-refractivity contribution in [1.29, 1.82) is 0 Å². The third-order valence-corrected chi connectivity index (χ3v) is 4.43. The fourth-order valence-corrected chi connectivity index (χ4v) is 3.11. The molecule has 1 aromatic carbocycles. The lowest BCUT2D eigenvalue weighted by molar-refractivity contribution is 0.123. The van der Waals surface area contributed by atoms with Gasteiger partial charge in [0.1, 0.15) is 5.75 Å². The summed E-state index contributed by atoms with van der Waals surface area (Å²) >= 11 is 6.02. The number of rotatable bonds is 5. The maximum atomic E-state index is 12.3. The van der Waals surface area contributed by atoms with Gasteiger partial charge in [0, 0.05) is 18.6 Å². The van der Waals surface area contributed by atoms with E-state index in [1.807, 2.05) is 23.1 Å². The van der Waals surface area contributed by atoms with Crippen LogP contribution < -0.4 is 10.1 Å². The van der Waals surface area contributed by atoms with Crippen molar-refractivity contribution in [1.82, 2.24) is 10.2 Å². The van der Waals surface area contributed by atoms with Gasteiger partial charge in [-0.25, -0.2) is 4.79 Å². The van der Waals surface area contributed by atoms with Gasteiger partial charge >= 0.3 is 6.03 Å². The highest BCUT2D eigenvalue weighted by Crippen LogP contribution is 2.23. The van der Waals surface area contributed by atoms with Gasteiger partial charge in [-0.05, 0) is 51.7 Å². The number of hydrogen-bond donors (Lipinski definition) is 1. The topological polar surface area (TPSA) is 41.6 Å². The predicted molar refractivity (Wildman–Crippen MR) is 89.6 cm³/mol. The van der Waals surface area contributed by atoms with Crippen molar-refractivity contribution >= 4 is 17.6 Å². The normalized spacial score (nSPS) is 21.5. The highest BCUT2D eigenvalue weighted by molar-refractivity contribution is 6.32. The van der Waals surface area contributed by atoms with E-state index >= 15 is 0 Å². The first-order valence-electron chi connectivity index (χ1n) is 8.03. The van der Waals surface area contributed by atoms with Gasteiger partial charge in [0.2, 0.25) is 0 Å². The summed E-state index contributed by atoms with van der Waals surface area (Å²) in [6, 6.07) is 8.09. The van der Waals surface area contributed by atoms with Crippen LogP contribution in [0, 0.1) is 0 Å². The number of carbonyl (C=O) groups is 1. The lowest BCUT2D eigenvalue weighted by Gasteiger charge is -2.38. The van der Waals surface area contributed by atoms with E-state index in [9.17, 15) is 4.79 Å². The van der Waals surface area contributed by atoms with Gasteiger partial charge in [0.15, 0.2) is 0 Å². The van der Waals surface area contributed by atoms with E-state index in [4.69, 9.17) is 16.3 Å². The Hall–Kier alpha value is -1.42. The molecule has 0 saturated carbocycles. The first-order valence-corrected chi connectivity index (χ1v) is 8.41. The molecule has 2 unspecified atom stereocenters. The van der Waals surface area contributed by atoms with Crippen LogP contribution in [-0.2, 0) is 0 Å². The average Bonchev–Trinajstić information content (AvgIpc) is 2.48. The molecule has 1 heterocycles. The van der Waals surface area contributed by atoms with Crippen LogP contribution in [0.4, 0.5) is 4.79 Å². The molecule has 1 aliphatic rings. The Kier molecular flexibility index (Phi) is 6.37. The van der Waals surface area contributed by atoms with E-state index in [0.717, 1.165) is 19.3 Å². The Morgan fingerprint density at radius 3 is 2.68 bits per heavy atom. The predicted octanol–water partition coefficient (Wildman–Crippen LogP) is 4.08. The summed E-state index contributed by atoms with van der Waals surface area (Å²) in [5, 5.41) is 3.60. The van der Waals surface area contributed by atoms with Crippen LogP contribution in [0.2, 0.25) is 5.02 Å². The molecule has 1 aliphatic heterocycles. The van der Waals surface area contributed by atoms with Crippen molar-refractivity contribution < 1.29 is 9.53 Å². The molecule has 4 nitrogen and oxygen atoms in total. The number of nitrogens with one attached hydrogen (secondary N) is 1. The molecule has 0 aliphatic carbocycles. The molecule has 2 rings (SSSR count). The molecule has 0 aromatic heterocycles. The largest absolute Gasteiger partial charge is 0.492 e. The molecule has 22 heavy (non-hydrogen) atoms. The number of carbonyl (C=O) groups excluding carboxylic acids is 1. The van der Waals surface area contributed by atoms with E-state index in [2.05, 4.69) is 19.2 Å². The number of hydrogen-bond acceptors (Lipinski definition) is 2. The van der Waals surface area contributed by atoms with Crippen LogP contribution in [0.1, 0.15) is 39.5 Å². The maximum absolute atomic E-state index is 12.3. The molecule has 1 fully saturated rings. The van der Waals surface area contributed by atoms with E-state index < -0.39 is 0 Å². The second kappa shape index (κ2) is 8.28. The molecule has 0 bridgehead atoms. The van der Waals surface area contributed by atoms with Crippen molar-refractivity contribution in [3.63, 3.8) is 0 Å². The number of urea groups is 1. The minimum absolute atomic E-state index is 0.0393. The zero-order valence-corrected chi connectivity index (χ0v) is 14.1. The maximum Gasteiger partial charge on any atom is 0.317 e. The molecule has 1 saturated heterocycles. The van der Waals surface area contributed by atoms with E-state index in [1.54, 1.807) is 6.07 Å². The standard InChI is InChI=1S/C17H25ClN2O2/c1-13-7-5-8-14(2)20(13)17(21)19-11-6-12-22-16-10-4-3-9-15(16)18/h3-4,9-10,13-14H,5-8,11-12H2,1-2H3,(H,19,21). The molecular formula is C17H25ClN2O2. The average molecular weight is 325 g/mol. The van der Waals surface area contributed by atoms with Gasteiger partial charge < -0.3 is 15.0 Å². The van der Waals surface area contributed by atoms with E-state index in [0.29, 0.717) is 36.0 Å². The summed E-state index contributed by atoms with van der Waals surface area (Å²) < 4.78 is 5.61. The highest BCUT2D eigenvalue weighted by atomic mass is 35.5. The third kappa shape index (κ3) is 4.54. The number of halogens is 1. The van der Waals surface area contributed by atoms with E-state index in [-0.39, 0.29) is 6.03 Å². The number of ether oxygens (including phenoxy) is 1. The molecular weight excluding hydrogens is 300 g/mol. The summed E-state index contributed by atoms with van der Waals surface area (Å²) in [6.45, 7) is 5.39. The SMILES string of the molecule is CC1CCCC(C)N1C(=O)NCCCOc1ccccc1Cl. The van der Waals surface area contributed by atoms with Crippen LogP contribution in [0.3, 0.4) is 0 Å². The van der Waals surface area contributed by atoms with Crippen molar-refractivity contribution in [2.75, 3.05) is 13.2 Å². The van der Waals surface area contributed by atoms with Gasteiger partial charge in [0.25, 0.3) is 0 Å². The number of piperidine rings is 1. The van der Waals surface area contributed by atoms with Crippen LogP contribution in [0.15, 0.2) is 24.3 Å². The fraction of sp³-hybridized carbons (Fsp3) is 0.588. The lowest BCUT2D eigenvalue weighted by Crippen LogP contribution is -2.52. The number of amides is 2. The summed E-state index contributed by atoms with van der Waals surface area (Å²) in [7, 11) is 0. The Balaban J connectivity index is 1.68. The number of nitrogens with zero attached hydrogens (tertiary/aromatic N) is 1. The zero-order valence-electron chi connectivity index (χ0n) is 13.3. The van der Waals surface area contributed by atoms with Gasteiger partial charge in [0.05, 0.1) is 11.6 Å². The summed E-state index contributed by atoms with van der Waals surface area (Å²) in [4.78, 5) is 14.2. The fourth-order valence-electron chi connectivity index (χ4n) is 2.92. The van der Waals surface area contributed by atoms with Gasteiger partial charge in [-0.2, -0.15) is 0 Å². The van der Waals surface area contributed by atoms with Crippen LogP contribution in [0.5, 0.6) is 5.75 Å². The summed E-state index contributed by atoms with van der Waals surface area (Å²) in [5.41, 5.74) is 0. The Morgan fingerprint density at radius 2 is 2.00 bits per heavy atom. The monoisotopic (exact) mass is 324 g/mol. The van der Waals surface area contributed by atoms with Gasteiger partial charge in [-0.1, -0.05) is 23.7 Å². The van der Waals surface area contributed by atoms with Crippen LogP contribution in [-0.4, -0.2) is 36.2 Å². The van der Waals surface area contributed by atoms with Crippen LogP contribution >= 0.6 is 11.6 Å². The quantitative estimate of drug-likeness (QED) is 0.829. The number of benzene rings is 1. The molecule has 1 aromatic rings. The summed E-state index contributed by atoms with van der Waals surface area (Å²) in [6.07, 6.45) is 4.14. The lowest BCUT2D eigenvalue weighted by atomic mass is 9.98. The molecule has 1 N–H and O–H groups in total. The molecule has 122 valence electrons. The number of para-hydroxylation sites is 1. The molecule has 0 radical (unpaired) electrons. The van der Waals surface area contributed by atoms with Crippen LogP contribution in [0.25, 0.3) is 0 Å². The molecule has 0 spiro atoms. The molecule has 2 atom stereocenters. The smallest absolute Gasteiger partial charge is 0.317 e. The van der Waals surface area contributed by atoms with Gasteiger partial charge in [-0.3, -0.25) is 0 Å². The minimum Gasteiger partial charge on any atom is -0.492 e. The zero-order chi connectivity index (χ0) is 15.9. The van der Waals surface area contributed by atoms with E-state index in [1.165, 1.54) is 6.42 Å². The first kappa shape index (κ1) is 16.9. The molecule has 5 heteroatoms. The Bertz CT molecular complexity index is 485.